The van der Waals surface area contributed by atoms with Gasteiger partial charge in [0, 0.05) is 13.0 Å². The topological polar surface area (TPSA) is 57.6 Å². The average molecular weight is 211 g/mol. The summed E-state index contributed by atoms with van der Waals surface area (Å²) in [5, 5.41) is 8.97. The lowest BCUT2D eigenvalue weighted by Crippen LogP contribution is -2.47. The Hall–Kier alpha value is -1.32. The van der Waals surface area contributed by atoms with Crippen LogP contribution in [0.4, 0.5) is 0 Å². The lowest BCUT2D eigenvalue weighted by molar-refractivity contribution is -0.152. The predicted octanol–water partition coefficient (Wildman–Crippen LogP) is 1.42. The number of hydrogen-bond acceptors (Lipinski definition) is 2. The van der Waals surface area contributed by atoms with Crippen LogP contribution < -0.4 is 0 Å². The summed E-state index contributed by atoms with van der Waals surface area (Å²) in [4.78, 5) is 24.1. The molecule has 1 atom stereocenters. The normalized spacial score (nSPS) is 21.1. The molecule has 1 N–H and O–H groups in total. The number of aliphatic carboxylic acids is 1. The molecule has 0 radical (unpaired) electrons. The number of amides is 1. The van der Waals surface area contributed by atoms with Crippen molar-refractivity contribution in [1.82, 2.24) is 4.90 Å². The number of piperidine rings is 1. The smallest absolute Gasteiger partial charge is 0.326 e. The van der Waals surface area contributed by atoms with Crippen LogP contribution in [0.1, 0.15) is 32.1 Å². The van der Waals surface area contributed by atoms with Gasteiger partial charge in [0.1, 0.15) is 6.04 Å². The van der Waals surface area contributed by atoms with Crippen LogP contribution in [0.5, 0.6) is 0 Å². The quantitative estimate of drug-likeness (QED) is 0.715. The minimum absolute atomic E-state index is 0.0676. The van der Waals surface area contributed by atoms with Crippen LogP contribution >= 0.6 is 0 Å². The highest BCUT2D eigenvalue weighted by atomic mass is 16.4. The molecule has 0 aromatic heterocycles. The van der Waals surface area contributed by atoms with Gasteiger partial charge in [-0.05, 0) is 25.7 Å². The van der Waals surface area contributed by atoms with Crippen molar-refractivity contribution in [3.8, 4) is 0 Å². The van der Waals surface area contributed by atoms with Crippen LogP contribution in [-0.2, 0) is 9.59 Å². The van der Waals surface area contributed by atoms with E-state index in [0.29, 0.717) is 25.8 Å². The van der Waals surface area contributed by atoms with E-state index in [0.717, 1.165) is 12.8 Å². The third-order valence-corrected chi connectivity index (χ3v) is 2.67. The Morgan fingerprint density at radius 3 is 2.80 bits per heavy atom. The average Bonchev–Trinajstić information content (AvgIpc) is 2.25. The van der Waals surface area contributed by atoms with E-state index in [1.54, 1.807) is 6.08 Å². The van der Waals surface area contributed by atoms with E-state index in [-0.39, 0.29) is 5.91 Å². The van der Waals surface area contributed by atoms with E-state index in [9.17, 15) is 9.59 Å². The largest absolute Gasteiger partial charge is 0.480 e. The molecule has 1 rings (SSSR count). The maximum Gasteiger partial charge on any atom is 0.326 e. The highest BCUT2D eigenvalue weighted by Crippen LogP contribution is 2.18. The summed E-state index contributed by atoms with van der Waals surface area (Å²) in [6.45, 7) is 4.12. The van der Waals surface area contributed by atoms with Gasteiger partial charge in [-0.1, -0.05) is 6.08 Å². The molecular weight excluding hydrogens is 194 g/mol. The number of carboxylic acids is 1. The van der Waals surface area contributed by atoms with Crippen LogP contribution in [-0.4, -0.2) is 34.5 Å². The zero-order valence-corrected chi connectivity index (χ0v) is 8.82. The van der Waals surface area contributed by atoms with E-state index in [1.807, 2.05) is 0 Å². The van der Waals surface area contributed by atoms with Crippen molar-refractivity contribution in [1.29, 1.82) is 0 Å². The van der Waals surface area contributed by atoms with Crippen molar-refractivity contribution in [3.05, 3.63) is 12.7 Å². The first-order valence-electron chi connectivity index (χ1n) is 5.30. The van der Waals surface area contributed by atoms with Gasteiger partial charge < -0.3 is 10.0 Å². The second kappa shape index (κ2) is 5.53. The van der Waals surface area contributed by atoms with Crippen LogP contribution in [0.15, 0.2) is 12.7 Å². The van der Waals surface area contributed by atoms with Crippen molar-refractivity contribution >= 4 is 11.9 Å². The molecule has 0 unspecified atom stereocenters. The standard InChI is InChI=1S/C11H17NO3/c1-2-3-7-10(13)12-8-5-4-6-9(12)11(14)15/h2,9H,1,3-8H2,(H,14,15)/t9-/m1/s1. The second-order valence-electron chi connectivity index (χ2n) is 3.76. The first kappa shape index (κ1) is 11.8. The van der Waals surface area contributed by atoms with Gasteiger partial charge in [0.2, 0.25) is 5.91 Å². The molecule has 0 aromatic carbocycles. The summed E-state index contributed by atoms with van der Waals surface area (Å²) in [7, 11) is 0. The molecule has 15 heavy (non-hydrogen) atoms. The molecule has 1 aliphatic heterocycles. The Labute approximate surface area is 89.6 Å². The molecule has 1 saturated heterocycles. The Balaban J connectivity index is 2.58. The van der Waals surface area contributed by atoms with E-state index in [2.05, 4.69) is 6.58 Å². The third kappa shape index (κ3) is 3.08. The van der Waals surface area contributed by atoms with Crippen molar-refractivity contribution in [2.24, 2.45) is 0 Å². The molecule has 0 aromatic rings. The summed E-state index contributed by atoms with van der Waals surface area (Å²) in [5.74, 6) is -0.955. The Bertz CT molecular complexity index is 263. The van der Waals surface area contributed by atoms with Crippen LogP contribution in [0, 0.1) is 0 Å². The van der Waals surface area contributed by atoms with Gasteiger partial charge in [0.25, 0.3) is 0 Å². The summed E-state index contributed by atoms with van der Waals surface area (Å²) < 4.78 is 0. The van der Waals surface area contributed by atoms with Crippen molar-refractivity contribution < 1.29 is 14.7 Å². The van der Waals surface area contributed by atoms with Gasteiger partial charge in [-0.3, -0.25) is 4.79 Å². The fourth-order valence-electron chi connectivity index (χ4n) is 1.86. The lowest BCUT2D eigenvalue weighted by Gasteiger charge is -2.32. The van der Waals surface area contributed by atoms with E-state index in [4.69, 9.17) is 5.11 Å². The van der Waals surface area contributed by atoms with Gasteiger partial charge in [-0.25, -0.2) is 4.79 Å². The van der Waals surface area contributed by atoms with Crippen LogP contribution in [0.25, 0.3) is 0 Å². The summed E-state index contributed by atoms with van der Waals surface area (Å²) in [6, 6.07) is -0.615. The van der Waals surface area contributed by atoms with Crippen LogP contribution in [0.2, 0.25) is 0 Å². The van der Waals surface area contributed by atoms with Crippen molar-refractivity contribution in [2.75, 3.05) is 6.54 Å². The summed E-state index contributed by atoms with van der Waals surface area (Å²) in [6.07, 6.45) is 5.04. The van der Waals surface area contributed by atoms with Crippen LogP contribution in [0.3, 0.4) is 0 Å². The molecule has 0 saturated carbocycles. The first-order chi connectivity index (χ1) is 7.16. The van der Waals surface area contributed by atoms with Crippen molar-refractivity contribution in [3.63, 3.8) is 0 Å². The van der Waals surface area contributed by atoms with Gasteiger partial charge in [-0.15, -0.1) is 6.58 Å². The molecule has 4 heteroatoms. The van der Waals surface area contributed by atoms with E-state index >= 15 is 0 Å². The molecule has 1 heterocycles. The number of nitrogens with zero attached hydrogens (tertiary/aromatic N) is 1. The number of rotatable bonds is 4. The molecule has 1 aliphatic rings. The molecule has 0 aliphatic carbocycles. The minimum atomic E-state index is -0.887. The number of carbonyl (C=O) groups is 2. The predicted molar refractivity (Wildman–Crippen MR) is 56.4 cm³/mol. The number of likely N-dealkylation sites (tertiary alicyclic amines) is 1. The second-order valence-corrected chi connectivity index (χ2v) is 3.76. The molecule has 1 fully saturated rings. The zero-order chi connectivity index (χ0) is 11.3. The highest BCUT2D eigenvalue weighted by molar-refractivity contribution is 5.83. The number of carbonyl (C=O) groups excluding carboxylic acids is 1. The SMILES string of the molecule is C=CCCC(=O)N1CCCC[C@@H]1C(=O)O. The molecule has 1 amide bonds. The summed E-state index contributed by atoms with van der Waals surface area (Å²) in [5.41, 5.74) is 0. The van der Waals surface area contributed by atoms with Gasteiger partial charge >= 0.3 is 5.97 Å². The number of carboxylic acid groups (broad SMARTS) is 1. The maximum absolute atomic E-state index is 11.7. The molecule has 4 nitrogen and oxygen atoms in total. The van der Waals surface area contributed by atoms with Gasteiger partial charge in [0.15, 0.2) is 0 Å². The molecule has 0 spiro atoms. The monoisotopic (exact) mass is 211 g/mol. The molecular formula is C11H17NO3. The highest BCUT2D eigenvalue weighted by Gasteiger charge is 2.31. The summed E-state index contributed by atoms with van der Waals surface area (Å²) >= 11 is 0. The third-order valence-electron chi connectivity index (χ3n) is 2.67. The van der Waals surface area contributed by atoms with Gasteiger partial charge in [-0.2, -0.15) is 0 Å². The zero-order valence-electron chi connectivity index (χ0n) is 8.82. The Kier molecular flexibility index (Phi) is 4.34. The van der Waals surface area contributed by atoms with E-state index < -0.39 is 12.0 Å². The van der Waals surface area contributed by atoms with E-state index in [1.165, 1.54) is 4.90 Å². The molecule has 84 valence electrons. The lowest BCUT2D eigenvalue weighted by atomic mass is 10.0. The fourth-order valence-corrected chi connectivity index (χ4v) is 1.86. The minimum Gasteiger partial charge on any atom is -0.480 e. The maximum atomic E-state index is 11.7. The van der Waals surface area contributed by atoms with Gasteiger partial charge in [0.05, 0.1) is 0 Å². The number of allylic oxidation sites excluding steroid dienone is 1. The fraction of sp³-hybridized carbons (Fsp3) is 0.636. The number of hydrogen-bond donors (Lipinski definition) is 1. The molecule has 0 bridgehead atoms. The Morgan fingerprint density at radius 2 is 2.20 bits per heavy atom. The Morgan fingerprint density at radius 1 is 1.47 bits per heavy atom. The first-order valence-corrected chi connectivity index (χ1v) is 5.30. The van der Waals surface area contributed by atoms with Crippen molar-refractivity contribution in [2.45, 2.75) is 38.1 Å².